The molecule has 0 spiro atoms. The van der Waals surface area contributed by atoms with Gasteiger partial charge in [-0.15, -0.1) is 0 Å². The number of fused-ring (bicyclic) bond motifs is 2. The fraction of sp³-hybridized carbons (Fsp3) is 0.321. The molecule has 1 aromatic heterocycles. The average Bonchev–Trinajstić information content (AvgIpc) is 3.10. The van der Waals surface area contributed by atoms with Crippen molar-refractivity contribution in [1.82, 2.24) is 4.57 Å². The highest BCUT2D eigenvalue weighted by Gasteiger charge is 2.24. The minimum atomic E-state index is -0.207. The van der Waals surface area contributed by atoms with Crippen LogP contribution in [-0.4, -0.2) is 22.2 Å². The Morgan fingerprint density at radius 2 is 1.91 bits per heavy atom. The molecule has 4 nitrogen and oxygen atoms in total. The SMILES string of the molecule is CCOC(=O)SCCn1c(C)c(C2=C/CC(C)(C)c3ccccc3N/C=C\2)c2ccccc21. The van der Waals surface area contributed by atoms with Crippen molar-refractivity contribution >= 4 is 39.2 Å². The second-order valence-corrected chi connectivity index (χ2v) is 9.96. The zero-order chi connectivity index (χ0) is 23.4. The van der Waals surface area contributed by atoms with Crippen molar-refractivity contribution in [1.29, 1.82) is 0 Å². The van der Waals surface area contributed by atoms with Gasteiger partial charge in [0, 0.05) is 46.3 Å². The van der Waals surface area contributed by atoms with Gasteiger partial charge >= 0.3 is 5.30 Å². The molecule has 5 heteroatoms. The normalized spacial score (nSPS) is 17.6. The Morgan fingerprint density at radius 1 is 1.15 bits per heavy atom. The summed E-state index contributed by atoms with van der Waals surface area (Å²) in [5.74, 6) is 0.677. The molecule has 0 unspecified atom stereocenters. The molecule has 0 radical (unpaired) electrons. The molecule has 2 aromatic carbocycles. The van der Waals surface area contributed by atoms with Gasteiger partial charge in [-0.1, -0.05) is 56.3 Å². The van der Waals surface area contributed by atoms with Gasteiger partial charge in [0.1, 0.15) is 0 Å². The van der Waals surface area contributed by atoms with Crippen LogP contribution in [0, 0.1) is 6.92 Å². The van der Waals surface area contributed by atoms with E-state index in [1.54, 1.807) is 0 Å². The largest absolute Gasteiger partial charge is 0.458 e. The van der Waals surface area contributed by atoms with Crippen molar-refractivity contribution in [2.24, 2.45) is 0 Å². The molecule has 1 aliphatic rings. The smallest absolute Gasteiger partial charge is 0.367 e. The van der Waals surface area contributed by atoms with Crippen LogP contribution in [0.5, 0.6) is 0 Å². The van der Waals surface area contributed by atoms with E-state index < -0.39 is 0 Å². The number of aromatic nitrogens is 1. The number of hydrogen-bond acceptors (Lipinski definition) is 4. The molecular formula is C28H32N2O2S. The number of carbonyl (C=O) groups is 1. The number of benzene rings is 2. The number of carbonyl (C=O) groups excluding carboxylic acids is 1. The molecule has 0 saturated heterocycles. The number of anilines is 1. The molecule has 3 aromatic rings. The average molecular weight is 461 g/mol. The van der Waals surface area contributed by atoms with Crippen LogP contribution in [0.15, 0.2) is 66.9 Å². The highest BCUT2D eigenvalue weighted by molar-refractivity contribution is 8.13. The minimum absolute atomic E-state index is 0.00339. The summed E-state index contributed by atoms with van der Waals surface area (Å²) >= 11 is 1.24. The topological polar surface area (TPSA) is 43.3 Å². The van der Waals surface area contributed by atoms with E-state index in [9.17, 15) is 4.79 Å². The molecule has 0 atom stereocenters. The van der Waals surface area contributed by atoms with Crippen molar-refractivity contribution in [2.45, 2.75) is 46.1 Å². The summed E-state index contributed by atoms with van der Waals surface area (Å²) in [6.45, 7) is 9.78. The Balaban J connectivity index is 1.71. The van der Waals surface area contributed by atoms with Crippen molar-refractivity contribution in [2.75, 3.05) is 17.7 Å². The molecule has 4 rings (SSSR count). The third-order valence-corrected chi connectivity index (χ3v) is 7.05. The Bertz CT molecular complexity index is 1220. The number of hydrogen-bond donors (Lipinski definition) is 1. The number of ether oxygens (including phenoxy) is 1. The van der Waals surface area contributed by atoms with Crippen LogP contribution in [0.25, 0.3) is 16.5 Å². The molecule has 33 heavy (non-hydrogen) atoms. The highest BCUT2D eigenvalue weighted by Crippen LogP contribution is 2.38. The molecule has 2 heterocycles. The van der Waals surface area contributed by atoms with Crippen LogP contribution in [0.3, 0.4) is 0 Å². The Hall–Kier alpha value is -2.92. The van der Waals surface area contributed by atoms with Gasteiger partial charge in [-0.05, 0) is 66.8 Å². The van der Waals surface area contributed by atoms with Gasteiger partial charge in [0.25, 0.3) is 0 Å². The molecule has 0 saturated carbocycles. The zero-order valence-corrected chi connectivity index (χ0v) is 20.7. The Morgan fingerprint density at radius 3 is 2.73 bits per heavy atom. The minimum Gasteiger partial charge on any atom is -0.458 e. The predicted octanol–water partition coefficient (Wildman–Crippen LogP) is 7.53. The Kier molecular flexibility index (Phi) is 6.99. The first-order chi connectivity index (χ1) is 15.9. The fourth-order valence-corrected chi connectivity index (χ4v) is 5.25. The second-order valence-electron chi connectivity index (χ2n) is 8.93. The van der Waals surface area contributed by atoms with E-state index in [2.05, 4.69) is 91.3 Å². The predicted molar refractivity (Wildman–Crippen MR) is 141 cm³/mol. The standard InChI is InChI=1S/C28H32N2O2S/c1-5-32-27(31)33-19-18-30-20(2)26(22-10-6-9-13-25(22)30)21-14-16-28(3,4)23-11-7-8-12-24(23)29-17-15-21/h6-15,17,29H,5,16,18-19H2,1-4H3/b17-15-,21-14+. The van der Waals surface area contributed by atoms with E-state index in [4.69, 9.17) is 4.74 Å². The van der Waals surface area contributed by atoms with Gasteiger partial charge in [-0.2, -0.15) is 0 Å². The van der Waals surface area contributed by atoms with Crippen molar-refractivity contribution in [3.05, 3.63) is 83.7 Å². The van der Waals surface area contributed by atoms with Gasteiger partial charge in [-0.25, -0.2) is 4.79 Å². The molecule has 0 amide bonds. The third kappa shape index (κ3) is 4.88. The van der Waals surface area contributed by atoms with E-state index in [-0.39, 0.29) is 10.7 Å². The lowest BCUT2D eigenvalue weighted by Crippen LogP contribution is -2.17. The first-order valence-corrected chi connectivity index (χ1v) is 12.5. The van der Waals surface area contributed by atoms with Gasteiger partial charge in [0.2, 0.25) is 0 Å². The molecule has 0 bridgehead atoms. The van der Waals surface area contributed by atoms with Gasteiger partial charge < -0.3 is 14.6 Å². The number of allylic oxidation sites excluding steroid dienone is 3. The summed E-state index contributed by atoms with van der Waals surface area (Å²) in [6, 6.07) is 17.1. The number of nitrogens with one attached hydrogen (secondary N) is 1. The first-order valence-electron chi connectivity index (χ1n) is 11.5. The van der Waals surface area contributed by atoms with Crippen LogP contribution in [-0.2, 0) is 16.7 Å². The monoisotopic (exact) mass is 460 g/mol. The quantitative estimate of drug-likeness (QED) is 0.400. The maximum atomic E-state index is 11.8. The molecule has 1 aliphatic heterocycles. The van der Waals surface area contributed by atoms with E-state index >= 15 is 0 Å². The van der Waals surface area contributed by atoms with Crippen molar-refractivity contribution < 1.29 is 9.53 Å². The van der Waals surface area contributed by atoms with Crippen LogP contribution >= 0.6 is 11.8 Å². The molecule has 0 fully saturated rings. The summed E-state index contributed by atoms with van der Waals surface area (Å²) < 4.78 is 7.40. The highest BCUT2D eigenvalue weighted by atomic mass is 32.2. The number of thioether (sulfide) groups is 1. The number of nitrogens with zero attached hydrogens (tertiary/aromatic N) is 1. The third-order valence-electron chi connectivity index (χ3n) is 6.31. The summed E-state index contributed by atoms with van der Waals surface area (Å²) in [6.07, 6.45) is 7.54. The fourth-order valence-electron chi connectivity index (χ4n) is 4.61. The second kappa shape index (κ2) is 9.92. The van der Waals surface area contributed by atoms with Crippen molar-refractivity contribution in [3.63, 3.8) is 0 Å². The summed E-state index contributed by atoms with van der Waals surface area (Å²) in [4.78, 5) is 11.8. The van der Waals surface area contributed by atoms with Gasteiger partial charge in [0.05, 0.1) is 6.61 Å². The van der Waals surface area contributed by atoms with Gasteiger partial charge in [-0.3, -0.25) is 0 Å². The maximum Gasteiger partial charge on any atom is 0.367 e. The van der Waals surface area contributed by atoms with E-state index in [1.807, 2.05) is 13.1 Å². The number of para-hydroxylation sites is 2. The lowest BCUT2D eigenvalue weighted by atomic mass is 9.80. The summed E-state index contributed by atoms with van der Waals surface area (Å²) in [5.41, 5.74) is 7.36. The summed E-state index contributed by atoms with van der Waals surface area (Å²) in [7, 11) is 0. The molecule has 0 aliphatic carbocycles. The van der Waals surface area contributed by atoms with E-state index in [0.29, 0.717) is 12.4 Å². The maximum absolute atomic E-state index is 11.8. The van der Waals surface area contributed by atoms with Crippen LogP contribution in [0.1, 0.15) is 44.0 Å². The summed E-state index contributed by atoms with van der Waals surface area (Å²) in [5, 5.41) is 4.54. The van der Waals surface area contributed by atoms with Crippen LogP contribution in [0.2, 0.25) is 0 Å². The van der Waals surface area contributed by atoms with Crippen LogP contribution in [0.4, 0.5) is 10.5 Å². The zero-order valence-electron chi connectivity index (χ0n) is 19.9. The van der Waals surface area contributed by atoms with Crippen LogP contribution < -0.4 is 5.32 Å². The molecular weight excluding hydrogens is 428 g/mol. The Labute approximate surface area is 200 Å². The molecule has 172 valence electrons. The lowest BCUT2D eigenvalue weighted by molar-refractivity contribution is 0.181. The molecule has 1 N–H and O–H groups in total. The van der Waals surface area contributed by atoms with Crippen molar-refractivity contribution in [3.8, 4) is 0 Å². The number of rotatable bonds is 5. The van der Waals surface area contributed by atoms with Gasteiger partial charge in [0.15, 0.2) is 0 Å². The van der Waals surface area contributed by atoms with E-state index in [1.165, 1.54) is 45.1 Å². The lowest BCUT2D eigenvalue weighted by Gasteiger charge is -2.26. The number of aryl methyl sites for hydroxylation is 1. The first kappa shape index (κ1) is 23.2. The van der Waals surface area contributed by atoms with E-state index in [0.717, 1.165) is 18.7 Å².